The van der Waals surface area contributed by atoms with Crippen molar-refractivity contribution in [2.45, 2.75) is 26.3 Å². The Labute approximate surface area is 124 Å². The van der Waals surface area contributed by atoms with Gasteiger partial charge in [-0.2, -0.15) is 0 Å². The Morgan fingerprint density at radius 2 is 2.00 bits per heavy atom. The smallest absolute Gasteiger partial charge is 0.152 e. The molecule has 5 heteroatoms. The molecule has 0 amide bonds. The third kappa shape index (κ3) is 2.45. The first-order chi connectivity index (χ1) is 10.2. The van der Waals surface area contributed by atoms with Crippen molar-refractivity contribution in [3.05, 3.63) is 30.1 Å². The highest BCUT2D eigenvalue weighted by atomic mass is 15.1. The molecule has 0 radical (unpaired) electrons. The number of benzene rings is 1. The third-order valence-electron chi connectivity index (χ3n) is 3.86. The van der Waals surface area contributed by atoms with Gasteiger partial charge in [0.25, 0.3) is 0 Å². The predicted octanol–water partition coefficient (Wildman–Crippen LogP) is 2.47. The lowest BCUT2D eigenvalue weighted by atomic mass is 10.2. The fourth-order valence-corrected chi connectivity index (χ4v) is 2.82. The molecule has 0 saturated heterocycles. The quantitative estimate of drug-likeness (QED) is 0.706. The van der Waals surface area contributed by atoms with Crippen LogP contribution in [0.15, 0.2) is 24.3 Å². The molecule has 0 unspecified atom stereocenters. The molecule has 3 aromatic rings. The topological polar surface area (TPSA) is 68.8 Å². The van der Waals surface area contributed by atoms with Crippen LogP contribution in [0.2, 0.25) is 0 Å². The van der Waals surface area contributed by atoms with Gasteiger partial charge in [0.15, 0.2) is 5.82 Å². The van der Waals surface area contributed by atoms with E-state index < -0.39 is 0 Å². The van der Waals surface area contributed by atoms with Crippen LogP contribution in [-0.4, -0.2) is 28.1 Å². The predicted molar refractivity (Wildman–Crippen MR) is 87.3 cm³/mol. The van der Waals surface area contributed by atoms with Gasteiger partial charge in [-0.05, 0) is 39.4 Å². The number of aromatic nitrogens is 3. The minimum Gasteiger partial charge on any atom is -0.382 e. The number of para-hydroxylation sites is 1. The lowest BCUT2D eigenvalue weighted by molar-refractivity contribution is 0.591. The summed E-state index contributed by atoms with van der Waals surface area (Å²) in [5.41, 5.74) is 8.94. The fourth-order valence-electron chi connectivity index (χ4n) is 2.82. The summed E-state index contributed by atoms with van der Waals surface area (Å²) >= 11 is 0. The van der Waals surface area contributed by atoms with Crippen LogP contribution in [0.3, 0.4) is 0 Å². The highest BCUT2D eigenvalue weighted by molar-refractivity contribution is 6.06. The largest absolute Gasteiger partial charge is 0.382 e. The monoisotopic (exact) mass is 283 g/mol. The Morgan fingerprint density at radius 1 is 1.19 bits per heavy atom. The van der Waals surface area contributed by atoms with Gasteiger partial charge in [0.2, 0.25) is 0 Å². The zero-order valence-corrected chi connectivity index (χ0v) is 12.6. The van der Waals surface area contributed by atoms with Crippen molar-refractivity contribution < 1.29 is 0 Å². The van der Waals surface area contributed by atoms with E-state index in [1.165, 1.54) is 0 Å². The number of pyridine rings is 1. The molecule has 0 fully saturated rings. The average molecular weight is 283 g/mol. The minimum atomic E-state index is 0.515. The molecule has 2 heterocycles. The summed E-state index contributed by atoms with van der Waals surface area (Å²) in [6, 6.07) is 8.11. The van der Waals surface area contributed by atoms with Crippen molar-refractivity contribution in [2.75, 3.05) is 19.3 Å². The summed E-state index contributed by atoms with van der Waals surface area (Å²) in [5, 5.41) is 4.30. The van der Waals surface area contributed by atoms with Crippen molar-refractivity contribution >= 4 is 27.8 Å². The Balaban J connectivity index is 2.12. The molecule has 0 aliphatic carbocycles. The maximum Gasteiger partial charge on any atom is 0.152 e. The van der Waals surface area contributed by atoms with E-state index in [0.717, 1.165) is 53.7 Å². The zero-order chi connectivity index (χ0) is 14.8. The Morgan fingerprint density at radius 3 is 2.81 bits per heavy atom. The molecule has 0 spiro atoms. The number of imidazole rings is 1. The standard InChI is InChI=1S/C16H21N5/c1-11-19-14-15(21(11)10-6-5-9-18-2)12-7-3-4-8-13(12)20-16(14)17/h3-4,7-8,18H,5-6,9-10H2,1-2H3,(H2,17,20). The lowest BCUT2D eigenvalue weighted by Crippen LogP contribution is -2.09. The Hall–Kier alpha value is -2.14. The first-order valence-corrected chi connectivity index (χ1v) is 7.38. The van der Waals surface area contributed by atoms with Crippen molar-refractivity contribution in [1.29, 1.82) is 0 Å². The molecule has 5 nitrogen and oxygen atoms in total. The molecule has 0 bridgehead atoms. The van der Waals surface area contributed by atoms with E-state index in [4.69, 9.17) is 5.73 Å². The van der Waals surface area contributed by atoms with Gasteiger partial charge in [0, 0.05) is 11.9 Å². The summed E-state index contributed by atoms with van der Waals surface area (Å²) in [7, 11) is 1.98. The van der Waals surface area contributed by atoms with Crippen molar-refractivity contribution in [1.82, 2.24) is 19.9 Å². The highest BCUT2D eigenvalue weighted by Gasteiger charge is 2.14. The number of aryl methyl sites for hydroxylation is 2. The maximum absolute atomic E-state index is 6.08. The SMILES string of the molecule is CNCCCCn1c(C)nc2c(N)nc3ccccc3c21. The van der Waals surface area contributed by atoms with Gasteiger partial charge < -0.3 is 15.6 Å². The van der Waals surface area contributed by atoms with Gasteiger partial charge in [-0.25, -0.2) is 9.97 Å². The van der Waals surface area contributed by atoms with E-state index in [1.54, 1.807) is 0 Å². The van der Waals surface area contributed by atoms with Crippen LogP contribution >= 0.6 is 0 Å². The van der Waals surface area contributed by atoms with Crippen LogP contribution in [0, 0.1) is 6.92 Å². The van der Waals surface area contributed by atoms with E-state index in [9.17, 15) is 0 Å². The fraction of sp³-hybridized carbons (Fsp3) is 0.375. The molecule has 110 valence electrons. The Bertz CT molecular complexity index is 775. The minimum absolute atomic E-state index is 0.515. The number of nitrogen functional groups attached to an aromatic ring is 1. The van der Waals surface area contributed by atoms with Gasteiger partial charge in [0.1, 0.15) is 11.3 Å². The summed E-state index contributed by atoms with van der Waals surface area (Å²) in [5.74, 6) is 1.51. The van der Waals surface area contributed by atoms with Gasteiger partial charge >= 0.3 is 0 Å². The second kappa shape index (κ2) is 5.69. The number of nitrogens with one attached hydrogen (secondary N) is 1. The van der Waals surface area contributed by atoms with Crippen LogP contribution in [0.5, 0.6) is 0 Å². The van der Waals surface area contributed by atoms with Gasteiger partial charge in [-0.3, -0.25) is 0 Å². The van der Waals surface area contributed by atoms with Gasteiger partial charge in [-0.1, -0.05) is 18.2 Å². The lowest BCUT2D eigenvalue weighted by Gasteiger charge is -2.09. The zero-order valence-electron chi connectivity index (χ0n) is 12.6. The molecule has 0 aliphatic heterocycles. The molecular weight excluding hydrogens is 262 g/mol. The molecular formula is C16H21N5. The normalized spacial score (nSPS) is 11.5. The molecule has 0 aliphatic rings. The van der Waals surface area contributed by atoms with Gasteiger partial charge in [-0.15, -0.1) is 0 Å². The van der Waals surface area contributed by atoms with E-state index >= 15 is 0 Å². The summed E-state index contributed by atoms with van der Waals surface area (Å²) in [6.07, 6.45) is 2.26. The second-order valence-corrected chi connectivity index (χ2v) is 5.33. The van der Waals surface area contributed by atoms with E-state index in [1.807, 2.05) is 32.2 Å². The molecule has 0 atom stereocenters. The van der Waals surface area contributed by atoms with Crippen molar-refractivity contribution in [3.8, 4) is 0 Å². The Kier molecular flexibility index (Phi) is 3.75. The number of hydrogen-bond acceptors (Lipinski definition) is 4. The second-order valence-electron chi connectivity index (χ2n) is 5.33. The number of unbranched alkanes of at least 4 members (excludes halogenated alkanes) is 1. The molecule has 21 heavy (non-hydrogen) atoms. The first-order valence-electron chi connectivity index (χ1n) is 7.38. The van der Waals surface area contributed by atoms with Crippen molar-refractivity contribution in [2.24, 2.45) is 0 Å². The molecule has 3 rings (SSSR count). The van der Waals surface area contributed by atoms with E-state index in [2.05, 4.69) is 25.9 Å². The van der Waals surface area contributed by atoms with Crippen LogP contribution in [0.4, 0.5) is 5.82 Å². The molecule has 0 saturated carbocycles. The summed E-state index contributed by atoms with van der Waals surface area (Å²) in [6.45, 7) is 4.03. The number of anilines is 1. The van der Waals surface area contributed by atoms with Crippen LogP contribution in [0.25, 0.3) is 21.9 Å². The maximum atomic E-state index is 6.08. The first kappa shape index (κ1) is 13.8. The van der Waals surface area contributed by atoms with E-state index in [0.29, 0.717) is 5.82 Å². The van der Waals surface area contributed by atoms with E-state index in [-0.39, 0.29) is 0 Å². The number of hydrogen-bond donors (Lipinski definition) is 2. The third-order valence-corrected chi connectivity index (χ3v) is 3.86. The van der Waals surface area contributed by atoms with Crippen LogP contribution < -0.4 is 11.1 Å². The highest BCUT2D eigenvalue weighted by Crippen LogP contribution is 2.28. The molecule has 2 aromatic heterocycles. The molecule has 3 N–H and O–H groups in total. The average Bonchev–Trinajstić information content (AvgIpc) is 2.82. The van der Waals surface area contributed by atoms with Gasteiger partial charge in [0.05, 0.1) is 11.0 Å². The summed E-state index contributed by atoms with van der Waals surface area (Å²) in [4.78, 5) is 9.08. The van der Waals surface area contributed by atoms with Crippen molar-refractivity contribution in [3.63, 3.8) is 0 Å². The number of fused-ring (bicyclic) bond motifs is 3. The number of nitrogens with two attached hydrogens (primary N) is 1. The number of rotatable bonds is 5. The molecule has 1 aromatic carbocycles. The van der Waals surface area contributed by atoms with Crippen LogP contribution in [0.1, 0.15) is 18.7 Å². The number of nitrogens with zero attached hydrogens (tertiary/aromatic N) is 3. The summed E-state index contributed by atoms with van der Waals surface area (Å²) < 4.78 is 2.27. The van der Waals surface area contributed by atoms with Crippen LogP contribution in [-0.2, 0) is 6.54 Å².